The maximum atomic E-state index is 13.3. The molecule has 1 amide bonds. The summed E-state index contributed by atoms with van der Waals surface area (Å²) in [6.07, 6.45) is -4.37. The second kappa shape index (κ2) is 8.08. The molecule has 1 heterocycles. The highest BCUT2D eigenvalue weighted by Gasteiger charge is 2.38. The number of ether oxygens (including phenoxy) is 1. The van der Waals surface area contributed by atoms with E-state index in [1.165, 1.54) is 20.1 Å². The number of rotatable bonds is 6. The van der Waals surface area contributed by atoms with Gasteiger partial charge in [0.15, 0.2) is 0 Å². The van der Waals surface area contributed by atoms with Gasteiger partial charge in [0.1, 0.15) is 6.04 Å². The quantitative estimate of drug-likeness (QED) is 0.776. The van der Waals surface area contributed by atoms with Gasteiger partial charge in [0.05, 0.1) is 11.0 Å². The topological polar surface area (TPSA) is 73.2 Å². The van der Waals surface area contributed by atoms with Gasteiger partial charge in [0.2, 0.25) is 11.6 Å². The number of hydrogen-bond acceptors (Lipinski definition) is 4. The largest absolute Gasteiger partial charge is 0.438 e. The van der Waals surface area contributed by atoms with Crippen LogP contribution < -0.4 is 10.9 Å². The number of fused-ring (bicyclic) bond motifs is 1. The number of aryl methyl sites for hydroxylation is 2. The molecule has 1 aromatic carbocycles. The van der Waals surface area contributed by atoms with E-state index >= 15 is 0 Å². The van der Waals surface area contributed by atoms with Crippen molar-refractivity contribution in [2.24, 2.45) is 0 Å². The monoisotopic (exact) mass is 385 g/mol. The van der Waals surface area contributed by atoms with Crippen molar-refractivity contribution in [2.75, 3.05) is 20.3 Å². The van der Waals surface area contributed by atoms with Crippen LogP contribution in [0.1, 0.15) is 36.2 Å². The van der Waals surface area contributed by atoms with Gasteiger partial charge in [0.25, 0.3) is 5.56 Å². The van der Waals surface area contributed by atoms with Gasteiger partial charge in [-0.25, -0.2) is 4.98 Å². The highest BCUT2D eigenvalue weighted by Crippen LogP contribution is 2.28. The normalized spacial score (nSPS) is 13.0. The van der Waals surface area contributed by atoms with E-state index in [4.69, 9.17) is 4.74 Å². The number of nitrogens with one attached hydrogen (secondary N) is 1. The van der Waals surface area contributed by atoms with Crippen molar-refractivity contribution in [2.45, 2.75) is 39.4 Å². The standard InChI is InChI=1S/C18H22F3N3O3/c1-10-8-13-14(9-11(10)2)24(17(26)15(23-13)18(19,20)21)12(3)16(25)22-6-5-7-27-4/h8-9,12H,5-7H2,1-4H3,(H,22,25)/t12-/m1/s1. The Bertz CT molecular complexity index is 907. The van der Waals surface area contributed by atoms with E-state index in [2.05, 4.69) is 10.3 Å². The summed E-state index contributed by atoms with van der Waals surface area (Å²) in [4.78, 5) is 28.5. The molecule has 6 nitrogen and oxygen atoms in total. The lowest BCUT2D eigenvalue weighted by Gasteiger charge is -2.20. The fourth-order valence-corrected chi connectivity index (χ4v) is 2.72. The van der Waals surface area contributed by atoms with Gasteiger partial charge in [-0.1, -0.05) is 0 Å². The van der Waals surface area contributed by atoms with Crippen LogP contribution in [-0.2, 0) is 15.7 Å². The molecule has 0 spiro atoms. The zero-order valence-electron chi connectivity index (χ0n) is 15.6. The maximum Gasteiger partial charge on any atom is 0.438 e. The van der Waals surface area contributed by atoms with Crippen LogP contribution in [0.4, 0.5) is 13.2 Å². The third-order valence-corrected chi connectivity index (χ3v) is 4.36. The number of halogens is 3. The van der Waals surface area contributed by atoms with E-state index in [-0.39, 0.29) is 11.0 Å². The van der Waals surface area contributed by atoms with Crippen molar-refractivity contribution in [1.29, 1.82) is 0 Å². The summed E-state index contributed by atoms with van der Waals surface area (Å²) in [7, 11) is 1.52. The van der Waals surface area contributed by atoms with E-state index in [0.717, 1.165) is 15.7 Å². The summed E-state index contributed by atoms with van der Waals surface area (Å²) in [5, 5.41) is 2.61. The molecule has 0 aliphatic carbocycles. The Kier molecular flexibility index (Phi) is 6.25. The Morgan fingerprint density at radius 1 is 1.30 bits per heavy atom. The van der Waals surface area contributed by atoms with Crippen LogP contribution in [0.15, 0.2) is 16.9 Å². The number of hydrogen-bond donors (Lipinski definition) is 1. The summed E-state index contributed by atoms with van der Waals surface area (Å²) in [5.74, 6) is -0.549. The molecule has 2 aromatic rings. The fourth-order valence-electron chi connectivity index (χ4n) is 2.72. The molecule has 0 radical (unpaired) electrons. The lowest BCUT2D eigenvalue weighted by molar-refractivity contribution is -0.142. The van der Waals surface area contributed by atoms with Crippen molar-refractivity contribution in [3.05, 3.63) is 39.3 Å². The van der Waals surface area contributed by atoms with Gasteiger partial charge in [-0.3, -0.25) is 14.2 Å². The number of alkyl halides is 3. The van der Waals surface area contributed by atoms with Crippen LogP contribution >= 0.6 is 0 Å². The minimum Gasteiger partial charge on any atom is -0.385 e. The molecular weight excluding hydrogens is 363 g/mol. The molecule has 0 fully saturated rings. The summed E-state index contributed by atoms with van der Waals surface area (Å²) < 4.78 is 45.6. The second-order valence-corrected chi connectivity index (χ2v) is 6.37. The molecule has 1 atom stereocenters. The zero-order valence-corrected chi connectivity index (χ0v) is 15.6. The fraction of sp³-hybridized carbons (Fsp3) is 0.500. The number of aromatic nitrogens is 2. The average Bonchev–Trinajstić information content (AvgIpc) is 2.58. The summed E-state index contributed by atoms with van der Waals surface area (Å²) >= 11 is 0. The minimum atomic E-state index is -4.92. The van der Waals surface area contributed by atoms with Gasteiger partial charge in [-0.15, -0.1) is 0 Å². The SMILES string of the molecule is COCCCNC(=O)[C@@H](C)n1c(=O)c(C(F)(F)F)nc2cc(C)c(C)cc21. The first-order valence-corrected chi connectivity index (χ1v) is 8.45. The smallest absolute Gasteiger partial charge is 0.385 e. The molecule has 27 heavy (non-hydrogen) atoms. The maximum absolute atomic E-state index is 13.3. The molecule has 0 bridgehead atoms. The van der Waals surface area contributed by atoms with E-state index in [1.54, 1.807) is 19.9 Å². The van der Waals surface area contributed by atoms with Crippen molar-refractivity contribution >= 4 is 16.9 Å². The zero-order chi connectivity index (χ0) is 20.4. The number of benzene rings is 1. The van der Waals surface area contributed by atoms with Crippen LogP contribution in [0.2, 0.25) is 0 Å². The number of carbonyl (C=O) groups excluding carboxylic acids is 1. The van der Waals surface area contributed by atoms with E-state index in [1.807, 2.05) is 0 Å². The summed E-state index contributed by atoms with van der Waals surface area (Å²) in [6, 6.07) is 1.93. The third kappa shape index (κ3) is 4.47. The molecule has 0 unspecified atom stereocenters. The average molecular weight is 385 g/mol. The number of methoxy groups -OCH3 is 1. The van der Waals surface area contributed by atoms with Crippen molar-refractivity contribution in [3.63, 3.8) is 0 Å². The molecule has 0 aliphatic rings. The van der Waals surface area contributed by atoms with Gasteiger partial charge < -0.3 is 10.1 Å². The Morgan fingerprint density at radius 3 is 2.52 bits per heavy atom. The lowest BCUT2D eigenvalue weighted by atomic mass is 10.1. The highest BCUT2D eigenvalue weighted by molar-refractivity contribution is 5.84. The van der Waals surface area contributed by atoms with E-state index in [9.17, 15) is 22.8 Å². The molecule has 0 saturated heterocycles. The second-order valence-electron chi connectivity index (χ2n) is 6.37. The summed E-state index contributed by atoms with van der Waals surface area (Å²) in [5.41, 5.74) is -1.13. The van der Waals surface area contributed by atoms with Gasteiger partial charge >= 0.3 is 6.18 Å². The van der Waals surface area contributed by atoms with Crippen LogP contribution in [-0.4, -0.2) is 35.7 Å². The van der Waals surface area contributed by atoms with Crippen LogP contribution in [0.3, 0.4) is 0 Å². The van der Waals surface area contributed by atoms with Gasteiger partial charge in [0, 0.05) is 20.3 Å². The van der Waals surface area contributed by atoms with Gasteiger partial charge in [-0.05, 0) is 50.5 Å². The first-order valence-electron chi connectivity index (χ1n) is 8.45. The molecule has 0 aliphatic heterocycles. The van der Waals surface area contributed by atoms with E-state index < -0.39 is 29.4 Å². The Morgan fingerprint density at radius 2 is 1.93 bits per heavy atom. The molecule has 148 valence electrons. The Hall–Kier alpha value is -2.42. The lowest BCUT2D eigenvalue weighted by Crippen LogP contribution is -2.39. The predicted molar refractivity (Wildman–Crippen MR) is 94.7 cm³/mol. The minimum absolute atomic E-state index is 0.0176. The third-order valence-electron chi connectivity index (χ3n) is 4.36. The van der Waals surface area contributed by atoms with Crippen LogP contribution in [0.25, 0.3) is 11.0 Å². The molecule has 0 saturated carbocycles. The van der Waals surface area contributed by atoms with Crippen LogP contribution in [0, 0.1) is 13.8 Å². The summed E-state index contributed by atoms with van der Waals surface area (Å²) in [6.45, 7) is 5.63. The molecular formula is C18H22F3N3O3. The molecule has 9 heteroatoms. The molecule has 2 rings (SSSR count). The van der Waals surface area contributed by atoms with Crippen molar-refractivity contribution in [3.8, 4) is 0 Å². The van der Waals surface area contributed by atoms with Crippen LogP contribution in [0.5, 0.6) is 0 Å². The highest BCUT2D eigenvalue weighted by atomic mass is 19.4. The number of amides is 1. The van der Waals surface area contributed by atoms with Gasteiger partial charge in [-0.2, -0.15) is 13.2 Å². The van der Waals surface area contributed by atoms with E-state index in [0.29, 0.717) is 19.6 Å². The number of nitrogens with zero attached hydrogens (tertiary/aromatic N) is 2. The first kappa shape index (κ1) is 20.9. The Balaban J connectivity index is 2.58. The van der Waals surface area contributed by atoms with Crippen molar-refractivity contribution in [1.82, 2.24) is 14.9 Å². The van der Waals surface area contributed by atoms with Crippen molar-refractivity contribution < 1.29 is 22.7 Å². The molecule has 1 N–H and O–H groups in total. The Labute approximate surface area is 154 Å². The number of carbonyl (C=O) groups is 1. The molecule has 1 aromatic heterocycles. The predicted octanol–water partition coefficient (Wildman–Crippen LogP) is 2.75. The first-order chi connectivity index (χ1) is 12.6.